The zero-order valence-corrected chi connectivity index (χ0v) is 11.7. The summed E-state index contributed by atoms with van der Waals surface area (Å²) in [6, 6.07) is 8.46. The van der Waals surface area contributed by atoms with Crippen LogP contribution in [0.1, 0.15) is 19.4 Å². The smallest absolute Gasteiger partial charge is 0.103 e. The van der Waals surface area contributed by atoms with Gasteiger partial charge in [0.25, 0.3) is 0 Å². The van der Waals surface area contributed by atoms with Gasteiger partial charge in [0, 0.05) is 18.0 Å². The molecule has 1 aliphatic rings. The van der Waals surface area contributed by atoms with E-state index in [1.54, 1.807) is 11.8 Å². The quantitative estimate of drug-likeness (QED) is 0.785. The van der Waals surface area contributed by atoms with Crippen molar-refractivity contribution in [2.75, 3.05) is 30.3 Å². The summed E-state index contributed by atoms with van der Waals surface area (Å²) in [4.78, 5) is 3.34. The van der Waals surface area contributed by atoms with Crippen molar-refractivity contribution in [3.05, 3.63) is 23.8 Å². The van der Waals surface area contributed by atoms with E-state index in [1.165, 1.54) is 0 Å². The Morgan fingerprint density at radius 2 is 2.39 bits per heavy atom. The summed E-state index contributed by atoms with van der Waals surface area (Å²) in [5.74, 6) is 0.984. The Kier molecular flexibility index (Phi) is 4.51. The molecule has 0 bridgehead atoms. The number of thioether (sulfide) groups is 1. The first-order valence-corrected chi connectivity index (χ1v) is 7.27. The van der Waals surface area contributed by atoms with Crippen molar-refractivity contribution in [3.8, 4) is 6.07 Å². The first-order valence-electron chi connectivity index (χ1n) is 6.28. The van der Waals surface area contributed by atoms with Crippen molar-refractivity contribution in [1.82, 2.24) is 0 Å². The summed E-state index contributed by atoms with van der Waals surface area (Å²) in [6.07, 6.45) is 0.229. The van der Waals surface area contributed by atoms with Gasteiger partial charge in [-0.05, 0) is 24.8 Å². The summed E-state index contributed by atoms with van der Waals surface area (Å²) in [7, 11) is 0. The molecule has 1 unspecified atom stereocenters. The van der Waals surface area contributed by atoms with Gasteiger partial charge >= 0.3 is 0 Å². The highest BCUT2D eigenvalue weighted by Crippen LogP contribution is 2.31. The van der Waals surface area contributed by atoms with Crippen molar-refractivity contribution < 1.29 is 4.74 Å². The van der Waals surface area contributed by atoms with Crippen molar-refractivity contribution in [1.29, 1.82) is 5.26 Å². The third kappa shape index (κ3) is 2.80. The Morgan fingerprint density at radius 3 is 3.06 bits per heavy atom. The zero-order chi connectivity index (χ0) is 13.0. The predicted octanol–water partition coefficient (Wildman–Crippen LogP) is 2.90. The van der Waals surface area contributed by atoms with E-state index in [0.717, 1.165) is 41.6 Å². The molecule has 4 heteroatoms. The Hall–Kier alpha value is -1.18. The second kappa shape index (κ2) is 6.12. The van der Waals surface area contributed by atoms with E-state index in [1.807, 2.05) is 18.2 Å². The third-order valence-electron chi connectivity index (χ3n) is 3.00. The molecule has 18 heavy (non-hydrogen) atoms. The van der Waals surface area contributed by atoms with E-state index in [-0.39, 0.29) is 6.10 Å². The summed E-state index contributed by atoms with van der Waals surface area (Å²) < 4.78 is 5.55. The number of hydrogen-bond acceptors (Lipinski definition) is 4. The van der Waals surface area contributed by atoms with Gasteiger partial charge in [-0.2, -0.15) is 5.26 Å². The van der Waals surface area contributed by atoms with Gasteiger partial charge in [0.1, 0.15) is 6.07 Å². The van der Waals surface area contributed by atoms with Crippen molar-refractivity contribution >= 4 is 17.4 Å². The molecule has 0 spiro atoms. The molecule has 0 amide bonds. The topological polar surface area (TPSA) is 36.3 Å². The molecule has 0 saturated carbocycles. The number of hydrogen-bond donors (Lipinski definition) is 0. The molecule has 2 rings (SSSR count). The van der Waals surface area contributed by atoms with Gasteiger partial charge in [-0.15, -0.1) is 11.8 Å². The number of nitriles is 1. The standard InChI is InChI=1S/C14H18N2OS/c1-3-18-14-6-4-5-13(12(14)9-15)16-7-8-17-11(2)10-16/h4-6,11H,3,7-8,10H2,1-2H3. The van der Waals surface area contributed by atoms with Crippen LogP contribution in [0.15, 0.2) is 23.1 Å². The van der Waals surface area contributed by atoms with Crippen LogP contribution in [0.5, 0.6) is 0 Å². The Labute approximate surface area is 113 Å². The Morgan fingerprint density at radius 1 is 1.56 bits per heavy atom. The lowest BCUT2D eigenvalue weighted by atomic mass is 10.1. The molecule has 0 radical (unpaired) electrons. The summed E-state index contributed by atoms with van der Waals surface area (Å²) in [5.41, 5.74) is 1.85. The van der Waals surface area contributed by atoms with E-state index >= 15 is 0 Å². The second-order valence-corrected chi connectivity index (χ2v) is 5.63. The minimum absolute atomic E-state index is 0.229. The highest BCUT2D eigenvalue weighted by molar-refractivity contribution is 7.99. The number of rotatable bonds is 3. The normalized spacial score (nSPS) is 19.6. The van der Waals surface area contributed by atoms with Crippen LogP contribution in [0.3, 0.4) is 0 Å². The number of benzene rings is 1. The van der Waals surface area contributed by atoms with Crippen LogP contribution < -0.4 is 4.90 Å². The molecule has 96 valence electrons. The monoisotopic (exact) mass is 262 g/mol. The van der Waals surface area contributed by atoms with Crippen LogP contribution in [-0.4, -0.2) is 31.6 Å². The predicted molar refractivity (Wildman–Crippen MR) is 75.2 cm³/mol. The molecule has 1 heterocycles. The summed E-state index contributed by atoms with van der Waals surface area (Å²) >= 11 is 1.73. The number of anilines is 1. The molecule has 1 aromatic rings. The van der Waals surface area contributed by atoms with Gasteiger partial charge in [0.05, 0.1) is 24.0 Å². The number of morpholine rings is 1. The molecule has 0 N–H and O–H groups in total. The Bertz CT molecular complexity index is 456. The maximum absolute atomic E-state index is 9.40. The van der Waals surface area contributed by atoms with Crippen LogP contribution in [0.2, 0.25) is 0 Å². The third-order valence-corrected chi connectivity index (χ3v) is 3.94. The van der Waals surface area contributed by atoms with Crippen LogP contribution >= 0.6 is 11.8 Å². The molecule has 1 atom stereocenters. The fourth-order valence-corrected chi connectivity index (χ4v) is 2.99. The van der Waals surface area contributed by atoms with E-state index < -0.39 is 0 Å². The van der Waals surface area contributed by atoms with Crippen molar-refractivity contribution in [3.63, 3.8) is 0 Å². The lowest BCUT2D eigenvalue weighted by Crippen LogP contribution is -2.41. The highest BCUT2D eigenvalue weighted by atomic mass is 32.2. The molecule has 0 aromatic heterocycles. The van der Waals surface area contributed by atoms with E-state index in [9.17, 15) is 5.26 Å². The summed E-state index contributed by atoms with van der Waals surface area (Å²) in [6.45, 7) is 6.63. The zero-order valence-electron chi connectivity index (χ0n) is 10.8. The maximum Gasteiger partial charge on any atom is 0.103 e. The van der Waals surface area contributed by atoms with Gasteiger partial charge in [0.15, 0.2) is 0 Å². The van der Waals surface area contributed by atoms with Crippen molar-refractivity contribution in [2.45, 2.75) is 24.8 Å². The van der Waals surface area contributed by atoms with Gasteiger partial charge in [0.2, 0.25) is 0 Å². The minimum atomic E-state index is 0.229. The second-order valence-electron chi connectivity index (χ2n) is 4.32. The highest BCUT2D eigenvalue weighted by Gasteiger charge is 2.20. The average Bonchev–Trinajstić information content (AvgIpc) is 2.39. The van der Waals surface area contributed by atoms with Crippen molar-refractivity contribution in [2.24, 2.45) is 0 Å². The molecule has 1 aromatic carbocycles. The van der Waals surface area contributed by atoms with Gasteiger partial charge in [-0.3, -0.25) is 0 Å². The van der Waals surface area contributed by atoms with Gasteiger partial charge in [-0.1, -0.05) is 13.0 Å². The summed E-state index contributed by atoms with van der Waals surface area (Å²) in [5, 5.41) is 9.40. The Balaban J connectivity index is 2.32. The average molecular weight is 262 g/mol. The van der Waals surface area contributed by atoms with Crippen LogP contribution in [0, 0.1) is 11.3 Å². The maximum atomic E-state index is 9.40. The number of ether oxygens (including phenoxy) is 1. The first kappa shape index (κ1) is 13.3. The van der Waals surface area contributed by atoms with E-state index in [2.05, 4.69) is 24.8 Å². The minimum Gasteiger partial charge on any atom is -0.375 e. The molecular weight excluding hydrogens is 244 g/mol. The lowest BCUT2D eigenvalue weighted by molar-refractivity contribution is 0.0532. The fourth-order valence-electron chi connectivity index (χ4n) is 2.21. The molecular formula is C14H18N2OS. The molecule has 1 aliphatic heterocycles. The largest absolute Gasteiger partial charge is 0.375 e. The van der Waals surface area contributed by atoms with E-state index in [0.29, 0.717) is 0 Å². The van der Waals surface area contributed by atoms with Crippen LogP contribution in [-0.2, 0) is 4.74 Å². The van der Waals surface area contributed by atoms with Crippen LogP contribution in [0.25, 0.3) is 0 Å². The molecule has 1 fully saturated rings. The molecule has 0 aliphatic carbocycles. The first-order chi connectivity index (χ1) is 8.76. The van der Waals surface area contributed by atoms with Crippen LogP contribution in [0.4, 0.5) is 5.69 Å². The van der Waals surface area contributed by atoms with Gasteiger partial charge in [-0.25, -0.2) is 0 Å². The van der Waals surface area contributed by atoms with Gasteiger partial charge < -0.3 is 9.64 Å². The molecule has 3 nitrogen and oxygen atoms in total. The molecule has 1 saturated heterocycles. The fraction of sp³-hybridized carbons (Fsp3) is 0.500. The SMILES string of the molecule is CCSc1cccc(N2CCOC(C)C2)c1C#N. The number of nitrogens with zero attached hydrogens (tertiary/aromatic N) is 2. The van der Waals surface area contributed by atoms with E-state index in [4.69, 9.17) is 4.74 Å². The lowest BCUT2D eigenvalue weighted by Gasteiger charge is -2.33.